The van der Waals surface area contributed by atoms with Gasteiger partial charge in [0.1, 0.15) is 0 Å². The van der Waals surface area contributed by atoms with Crippen molar-refractivity contribution < 1.29 is 48.1 Å². The summed E-state index contributed by atoms with van der Waals surface area (Å²) in [5.41, 5.74) is 12.0. The van der Waals surface area contributed by atoms with Crippen LogP contribution in [0.5, 0.6) is 0 Å². The molecule has 3 aromatic rings. The van der Waals surface area contributed by atoms with Crippen LogP contribution in [0.1, 0.15) is 55.9 Å². The van der Waals surface area contributed by atoms with Gasteiger partial charge in [0.2, 0.25) is 0 Å². The van der Waals surface area contributed by atoms with E-state index in [9.17, 15) is 0 Å². The Hall–Kier alpha value is -1.96. The topological polar surface area (TPSA) is 0 Å². The molecule has 0 amide bonds. The van der Waals surface area contributed by atoms with Crippen LogP contribution in [0.3, 0.4) is 0 Å². The zero-order valence-electron chi connectivity index (χ0n) is 24.7. The third-order valence-corrected chi connectivity index (χ3v) is 7.69. The van der Waals surface area contributed by atoms with E-state index in [0.717, 1.165) is 0 Å². The number of benzene rings is 3. The van der Waals surface area contributed by atoms with Crippen molar-refractivity contribution in [2.45, 2.75) is 52.1 Å². The third kappa shape index (κ3) is 6.37. The van der Waals surface area contributed by atoms with Crippen molar-refractivity contribution in [1.82, 2.24) is 0 Å². The summed E-state index contributed by atoms with van der Waals surface area (Å²) in [7, 11) is 0. The Morgan fingerprint density at radius 3 is 2.00 bits per heavy atom. The zero-order chi connectivity index (χ0) is 27.8. The van der Waals surface area contributed by atoms with E-state index < -0.39 is 0 Å². The average Bonchev–Trinajstić information content (AvgIpc) is 3.47. The van der Waals surface area contributed by atoms with Gasteiger partial charge in [-0.15, -0.1) is 29.4 Å². The predicted octanol–water partition coefficient (Wildman–Crippen LogP) is 3.66. The first kappa shape index (κ1) is 33.5. The molecule has 4 heteroatoms. The van der Waals surface area contributed by atoms with Crippen molar-refractivity contribution in [2.75, 3.05) is 0 Å². The van der Waals surface area contributed by atoms with Crippen molar-refractivity contribution in [3.8, 4) is 0 Å². The van der Waals surface area contributed by atoms with Crippen molar-refractivity contribution in [3.63, 3.8) is 0 Å². The minimum atomic E-state index is -0.329. The summed E-state index contributed by atoms with van der Waals surface area (Å²) < 4.78 is 0. The van der Waals surface area contributed by atoms with E-state index in [1.807, 2.05) is 0 Å². The monoisotopic (exact) mass is 669 g/mol. The Morgan fingerprint density at radius 2 is 1.39 bits per heavy atom. The molecule has 0 saturated heterocycles. The quantitative estimate of drug-likeness (QED) is 0.295. The zero-order valence-corrected chi connectivity index (χ0v) is 29.7. The van der Waals surface area contributed by atoms with Gasteiger partial charge in [-0.05, 0) is 38.8 Å². The Labute approximate surface area is 274 Å². The molecular weight excluding hydrogens is 635 g/mol. The molecule has 3 aliphatic carbocycles. The van der Waals surface area contributed by atoms with E-state index in [1.165, 1.54) is 50.1 Å². The van der Waals surface area contributed by atoms with Gasteiger partial charge in [0.05, 0.1) is 0 Å². The van der Waals surface area contributed by atoms with Crippen molar-refractivity contribution in [1.29, 1.82) is 0 Å². The number of halogens is 2. The summed E-state index contributed by atoms with van der Waals surface area (Å²) in [5, 5.41) is 0. The Kier molecular flexibility index (Phi) is 11.1. The number of allylic oxidation sites excluding steroid dienone is 10. The molecule has 0 bridgehead atoms. The molecule has 6 rings (SSSR count). The van der Waals surface area contributed by atoms with E-state index in [2.05, 4.69) is 156 Å². The Balaban J connectivity index is 0.000000725. The normalized spacial score (nSPS) is 20.3. The van der Waals surface area contributed by atoms with E-state index >= 15 is 0 Å². The van der Waals surface area contributed by atoms with Gasteiger partial charge in [0.15, 0.2) is 0 Å². The molecule has 2 atom stereocenters. The molecule has 0 N–H and O–H groups in total. The van der Waals surface area contributed by atoms with E-state index in [4.69, 9.17) is 0 Å². The SMILES string of the molecule is CC1=[C-]C2=CC=CC(c3ccccc3)(C3C(c4ccccc4)=C(C(C)(C)C)c4ccccc43)C2=C1.C[Si](C)=[Zr+2].[Cl-].[Cl-]. The summed E-state index contributed by atoms with van der Waals surface area (Å²) in [6.45, 7) is 13.9. The molecule has 0 radical (unpaired) electrons. The van der Waals surface area contributed by atoms with Gasteiger partial charge < -0.3 is 24.8 Å². The van der Waals surface area contributed by atoms with Gasteiger partial charge in [-0.1, -0.05) is 119 Å². The number of hydrogen-bond acceptors (Lipinski definition) is 0. The van der Waals surface area contributed by atoms with Gasteiger partial charge >= 0.3 is 41.9 Å². The van der Waals surface area contributed by atoms with Gasteiger partial charge in [-0.3, -0.25) is 0 Å². The second-order valence-electron chi connectivity index (χ2n) is 12.0. The molecule has 0 aliphatic heterocycles. The Morgan fingerprint density at radius 1 is 0.829 bits per heavy atom. The molecular formula is C37H37Cl2SiZr-. The van der Waals surface area contributed by atoms with Crippen LogP contribution in [0, 0.1) is 11.5 Å². The Bertz CT molecular complexity index is 1570. The molecule has 0 heterocycles. The third-order valence-electron chi connectivity index (χ3n) is 7.69. The predicted molar refractivity (Wildman–Crippen MR) is 165 cm³/mol. The second kappa shape index (κ2) is 13.6. The molecule has 3 aromatic carbocycles. The van der Waals surface area contributed by atoms with Crippen LogP contribution in [-0.2, 0) is 28.8 Å². The maximum atomic E-state index is 3.64. The van der Waals surface area contributed by atoms with Crippen molar-refractivity contribution >= 4 is 16.6 Å². The van der Waals surface area contributed by atoms with Gasteiger partial charge in [0, 0.05) is 11.3 Å². The number of fused-ring (bicyclic) bond motifs is 2. The van der Waals surface area contributed by atoms with Crippen molar-refractivity contribution in [2.24, 2.45) is 5.41 Å². The largest absolute Gasteiger partial charge is 1.00 e. The van der Waals surface area contributed by atoms with Crippen LogP contribution in [0.4, 0.5) is 0 Å². The van der Waals surface area contributed by atoms with Crippen LogP contribution in [0.25, 0.3) is 11.1 Å². The van der Waals surface area contributed by atoms with Crippen LogP contribution < -0.4 is 24.8 Å². The van der Waals surface area contributed by atoms with Gasteiger partial charge in [-0.25, -0.2) is 0 Å². The van der Waals surface area contributed by atoms with Gasteiger partial charge in [-0.2, -0.15) is 11.6 Å². The fraction of sp³-hybridized carbons (Fsp3) is 0.243. The fourth-order valence-electron chi connectivity index (χ4n) is 6.48. The molecule has 0 saturated carbocycles. The molecule has 0 spiro atoms. The van der Waals surface area contributed by atoms with Gasteiger partial charge in [0.25, 0.3) is 0 Å². The summed E-state index contributed by atoms with van der Waals surface area (Å²) in [4.78, 5) is 0. The molecule has 2 unspecified atom stereocenters. The molecule has 41 heavy (non-hydrogen) atoms. The smallest absolute Gasteiger partial charge is 1.00 e. The first-order valence-corrected chi connectivity index (χ1v) is 20.0. The molecule has 0 aromatic heterocycles. The van der Waals surface area contributed by atoms with Crippen LogP contribution in [-0.4, -0.2) is 5.43 Å². The van der Waals surface area contributed by atoms with Crippen molar-refractivity contribution in [3.05, 3.63) is 154 Å². The van der Waals surface area contributed by atoms with E-state index in [-0.39, 0.29) is 47.0 Å². The first-order valence-electron chi connectivity index (χ1n) is 13.8. The summed E-state index contributed by atoms with van der Waals surface area (Å²) in [6.07, 6.45) is 12.9. The molecule has 0 nitrogen and oxygen atoms in total. The average molecular weight is 672 g/mol. The van der Waals surface area contributed by atoms with Crippen LogP contribution >= 0.6 is 0 Å². The number of rotatable bonds is 3. The molecule has 3 aliphatic rings. The van der Waals surface area contributed by atoms with E-state index in [0.29, 0.717) is 0 Å². The first-order chi connectivity index (χ1) is 18.6. The fourth-order valence-corrected chi connectivity index (χ4v) is 6.48. The maximum absolute atomic E-state index is 3.64. The minimum Gasteiger partial charge on any atom is -1.00 e. The van der Waals surface area contributed by atoms with E-state index in [1.54, 1.807) is 23.3 Å². The standard InChI is InChI=1S/C35H31.C2H6Si.2ClH.Zr/c1-24-22-26-16-13-21-35(30(26)23-24,27-17-9-6-10-18-27)33-29-20-12-11-19-28(29)32(34(2,3)4)31(33)25-14-7-5-8-15-25;1-3-2;;;/h5-21,23,33H,1-4H3;1-2H3;2*1H;/q-1;;;;+2/p-2. The molecule has 0 fully saturated rings. The summed E-state index contributed by atoms with van der Waals surface area (Å²) >= 11 is 1.74. The summed E-state index contributed by atoms with van der Waals surface area (Å²) in [6, 6.07) is 31.2. The number of hydrogen-bond donors (Lipinski definition) is 0. The second-order valence-corrected chi connectivity index (χ2v) is 21.3. The maximum Gasteiger partial charge on any atom is -1.00 e. The molecule has 208 valence electrons. The minimum absolute atomic E-state index is 0. The van der Waals surface area contributed by atoms with Crippen LogP contribution in [0.2, 0.25) is 13.1 Å². The summed E-state index contributed by atoms with van der Waals surface area (Å²) in [5.74, 6) is 0.150. The van der Waals surface area contributed by atoms with Crippen LogP contribution in [0.15, 0.2) is 126 Å².